The molecule has 0 bridgehead atoms. The summed E-state index contributed by atoms with van der Waals surface area (Å²) in [4.78, 5) is 10.9. The van der Waals surface area contributed by atoms with Gasteiger partial charge in [-0.3, -0.25) is 4.79 Å². The molecule has 0 amide bonds. The number of unbranched alkanes of at least 4 members (excludes halogenated alkanes) is 4. The van der Waals surface area contributed by atoms with E-state index in [1.165, 1.54) is 32.8 Å². The highest BCUT2D eigenvalue weighted by Gasteiger charge is 2.13. The predicted octanol–water partition coefficient (Wildman–Crippen LogP) is 3.28. The van der Waals surface area contributed by atoms with Crippen molar-refractivity contribution in [2.45, 2.75) is 50.3 Å². The summed E-state index contributed by atoms with van der Waals surface area (Å²) < 4.78 is 4.60. The highest BCUT2D eigenvalue weighted by molar-refractivity contribution is 9.10. The number of esters is 1. The van der Waals surface area contributed by atoms with Gasteiger partial charge >= 0.3 is 5.97 Å². The predicted molar refractivity (Wildman–Crippen MR) is 58.1 cm³/mol. The number of hydrogen-bond acceptors (Lipinski definition) is 2. The van der Waals surface area contributed by atoms with Gasteiger partial charge in [0.15, 0.2) is 0 Å². The Hall–Kier alpha value is -0.0500. The molecule has 0 saturated heterocycles. The zero-order valence-electron chi connectivity index (χ0n) is 8.51. The Balaban J connectivity index is 3.26. The van der Waals surface area contributed by atoms with E-state index in [4.69, 9.17) is 0 Å². The first-order chi connectivity index (χ1) is 6.22. The summed E-state index contributed by atoms with van der Waals surface area (Å²) in [6.45, 7) is 2.20. The van der Waals surface area contributed by atoms with E-state index in [1.54, 1.807) is 0 Å². The normalized spacial score (nSPS) is 12.5. The molecule has 0 aliphatic carbocycles. The van der Waals surface area contributed by atoms with Crippen LogP contribution in [0.25, 0.3) is 0 Å². The summed E-state index contributed by atoms with van der Waals surface area (Å²) in [6.07, 6.45) is 7.03. The Morgan fingerprint density at radius 2 is 1.92 bits per heavy atom. The largest absolute Gasteiger partial charge is 0.468 e. The molecule has 1 atom stereocenters. The lowest BCUT2D eigenvalue weighted by Gasteiger charge is -2.06. The van der Waals surface area contributed by atoms with Crippen LogP contribution < -0.4 is 0 Å². The molecular weight excluding hydrogens is 232 g/mol. The van der Waals surface area contributed by atoms with Gasteiger partial charge in [-0.1, -0.05) is 55.0 Å². The van der Waals surface area contributed by atoms with E-state index in [2.05, 4.69) is 27.6 Å². The van der Waals surface area contributed by atoms with E-state index >= 15 is 0 Å². The Morgan fingerprint density at radius 3 is 2.46 bits per heavy atom. The number of alkyl halides is 1. The lowest BCUT2D eigenvalue weighted by atomic mass is 10.1. The Labute approximate surface area is 89.2 Å². The van der Waals surface area contributed by atoms with Crippen molar-refractivity contribution in [2.75, 3.05) is 7.11 Å². The molecule has 78 valence electrons. The van der Waals surface area contributed by atoms with E-state index in [-0.39, 0.29) is 10.8 Å². The van der Waals surface area contributed by atoms with Crippen LogP contribution in [0.15, 0.2) is 0 Å². The van der Waals surface area contributed by atoms with Crippen molar-refractivity contribution in [2.24, 2.45) is 0 Å². The van der Waals surface area contributed by atoms with Crippen molar-refractivity contribution in [3.05, 3.63) is 0 Å². The van der Waals surface area contributed by atoms with E-state index in [9.17, 15) is 4.79 Å². The van der Waals surface area contributed by atoms with Crippen LogP contribution in [0.3, 0.4) is 0 Å². The summed E-state index contributed by atoms with van der Waals surface area (Å²) in [5, 5.41) is 0. The maximum Gasteiger partial charge on any atom is 0.319 e. The second-order valence-corrected chi connectivity index (χ2v) is 4.30. The summed E-state index contributed by atoms with van der Waals surface area (Å²) in [6, 6.07) is 0. The maximum absolute atomic E-state index is 11.0. The van der Waals surface area contributed by atoms with Gasteiger partial charge in [-0.15, -0.1) is 0 Å². The lowest BCUT2D eigenvalue weighted by Crippen LogP contribution is -2.15. The molecule has 0 saturated carbocycles. The summed E-state index contributed by atoms with van der Waals surface area (Å²) in [7, 11) is 1.42. The molecule has 0 aliphatic heterocycles. The number of ether oxygens (including phenoxy) is 1. The summed E-state index contributed by atoms with van der Waals surface area (Å²) in [5.41, 5.74) is 0. The minimum atomic E-state index is -0.157. The molecule has 0 N–H and O–H groups in total. The van der Waals surface area contributed by atoms with Crippen molar-refractivity contribution in [1.29, 1.82) is 0 Å². The van der Waals surface area contributed by atoms with Gasteiger partial charge in [0.2, 0.25) is 0 Å². The molecule has 0 radical (unpaired) electrons. The quantitative estimate of drug-likeness (QED) is 0.394. The monoisotopic (exact) mass is 250 g/mol. The third-order valence-electron chi connectivity index (χ3n) is 2.02. The highest BCUT2D eigenvalue weighted by Crippen LogP contribution is 2.13. The van der Waals surface area contributed by atoms with Crippen molar-refractivity contribution in [1.82, 2.24) is 0 Å². The van der Waals surface area contributed by atoms with E-state index in [0.717, 1.165) is 12.8 Å². The third kappa shape index (κ3) is 7.05. The summed E-state index contributed by atoms with van der Waals surface area (Å²) in [5.74, 6) is -0.157. The van der Waals surface area contributed by atoms with Crippen LogP contribution in [0.5, 0.6) is 0 Å². The smallest absolute Gasteiger partial charge is 0.319 e. The Kier molecular flexibility index (Phi) is 8.51. The fraction of sp³-hybridized carbons (Fsp3) is 0.900. The number of methoxy groups -OCH3 is 1. The van der Waals surface area contributed by atoms with Gasteiger partial charge in [0, 0.05) is 0 Å². The number of halogens is 1. The third-order valence-corrected chi connectivity index (χ3v) is 2.85. The molecule has 3 heteroatoms. The minimum absolute atomic E-state index is 0.112. The van der Waals surface area contributed by atoms with Crippen molar-refractivity contribution >= 4 is 21.9 Å². The zero-order valence-corrected chi connectivity index (χ0v) is 10.1. The van der Waals surface area contributed by atoms with Crippen molar-refractivity contribution in [3.63, 3.8) is 0 Å². The molecule has 0 aromatic rings. The van der Waals surface area contributed by atoms with Crippen LogP contribution in [0, 0.1) is 0 Å². The zero-order chi connectivity index (χ0) is 10.1. The van der Waals surface area contributed by atoms with E-state index in [0.29, 0.717) is 0 Å². The SMILES string of the molecule is CCCCCCCC(Br)C(=O)OC. The van der Waals surface area contributed by atoms with Gasteiger partial charge in [0.05, 0.1) is 7.11 Å². The van der Waals surface area contributed by atoms with Crippen LogP contribution in [0.2, 0.25) is 0 Å². The fourth-order valence-electron chi connectivity index (χ4n) is 1.17. The van der Waals surface area contributed by atoms with Crippen molar-refractivity contribution < 1.29 is 9.53 Å². The van der Waals surface area contributed by atoms with Gasteiger partial charge in [0.1, 0.15) is 4.83 Å². The average Bonchev–Trinajstić information content (AvgIpc) is 2.16. The van der Waals surface area contributed by atoms with Crippen molar-refractivity contribution in [3.8, 4) is 0 Å². The van der Waals surface area contributed by atoms with Crippen LogP contribution >= 0.6 is 15.9 Å². The summed E-state index contributed by atoms with van der Waals surface area (Å²) >= 11 is 3.30. The minimum Gasteiger partial charge on any atom is -0.468 e. The average molecular weight is 251 g/mol. The van der Waals surface area contributed by atoms with Crippen LogP contribution in [0.1, 0.15) is 45.4 Å². The lowest BCUT2D eigenvalue weighted by molar-refractivity contribution is -0.139. The number of hydrogen-bond donors (Lipinski definition) is 0. The fourth-order valence-corrected chi connectivity index (χ4v) is 1.68. The Morgan fingerprint density at radius 1 is 1.31 bits per heavy atom. The number of carbonyl (C=O) groups excluding carboxylic acids is 1. The molecule has 13 heavy (non-hydrogen) atoms. The first kappa shape index (κ1) is 12.9. The number of carbonyl (C=O) groups is 1. The molecule has 0 aromatic heterocycles. The molecule has 0 aromatic carbocycles. The van der Waals surface area contributed by atoms with Gasteiger partial charge < -0.3 is 4.74 Å². The Bertz CT molecular complexity index is 137. The van der Waals surface area contributed by atoms with Gasteiger partial charge in [-0.2, -0.15) is 0 Å². The second-order valence-electron chi connectivity index (χ2n) is 3.19. The molecular formula is C10H19BrO2. The molecule has 0 spiro atoms. The molecule has 0 heterocycles. The second kappa shape index (κ2) is 8.54. The first-order valence-electron chi connectivity index (χ1n) is 4.94. The van der Waals surface area contributed by atoms with Crippen LogP contribution in [-0.2, 0) is 9.53 Å². The highest BCUT2D eigenvalue weighted by atomic mass is 79.9. The van der Waals surface area contributed by atoms with Gasteiger partial charge in [-0.05, 0) is 6.42 Å². The topological polar surface area (TPSA) is 26.3 Å². The molecule has 0 fully saturated rings. The first-order valence-corrected chi connectivity index (χ1v) is 5.85. The van der Waals surface area contributed by atoms with E-state index in [1.807, 2.05) is 0 Å². The van der Waals surface area contributed by atoms with E-state index < -0.39 is 0 Å². The van der Waals surface area contributed by atoms with Gasteiger partial charge in [0.25, 0.3) is 0 Å². The van der Waals surface area contributed by atoms with Crippen LogP contribution in [0.4, 0.5) is 0 Å². The molecule has 0 rings (SSSR count). The number of rotatable bonds is 7. The maximum atomic E-state index is 11.0. The molecule has 0 aliphatic rings. The van der Waals surface area contributed by atoms with Crippen LogP contribution in [-0.4, -0.2) is 17.9 Å². The molecule has 1 unspecified atom stereocenters. The standard InChI is InChI=1S/C10H19BrO2/c1-3-4-5-6-7-8-9(11)10(12)13-2/h9H,3-8H2,1-2H3. The molecule has 2 nitrogen and oxygen atoms in total. The van der Waals surface area contributed by atoms with Gasteiger partial charge in [-0.25, -0.2) is 0 Å².